The number of rotatable bonds is 4. The van der Waals surface area contributed by atoms with E-state index in [0.29, 0.717) is 6.10 Å². The van der Waals surface area contributed by atoms with Crippen molar-refractivity contribution in [3.63, 3.8) is 0 Å². The van der Waals surface area contributed by atoms with Gasteiger partial charge in [0.15, 0.2) is 0 Å². The number of hydrogen-bond donors (Lipinski definition) is 0. The molecule has 0 spiro atoms. The molecule has 1 aliphatic heterocycles. The van der Waals surface area contributed by atoms with Crippen LogP contribution < -0.4 is 0 Å². The summed E-state index contributed by atoms with van der Waals surface area (Å²) in [5.41, 5.74) is 0. The van der Waals surface area contributed by atoms with Gasteiger partial charge in [0.05, 0.1) is 6.10 Å². The molecule has 1 unspecified atom stereocenters. The predicted octanol–water partition coefficient (Wildman–Crippen LogP) is 1.81. The summed E-state index contributed by atoms with van der Waals surface area (Å²) in [6.45, 7) is 4.31. The van der Waals surface area contributed by atoms with E-state index in [1.165, 1.54) is 19.3 Å². The molecule has 1 aliphatic carbocycles. The summed E-state index contributed by atoms with van der Waals surface area (Å²) in [6, 6.07) is 0. The monoisotopic (exact) mass is 211 g/mol. The average molecular weight is 211 g/mol. The van der Waals surface area contributed by atoms with Crippen molar-refractivity contribution in [3.05, 3.63) is 0 Å². The molecule has 2 rings (SSSR count). The molecule has 0 radical (unpaired) electrons. The van der Waals surface area contributed by atoms with Crippen LogP contribution in [0.2, 0.25) is 0 Å². The van der Waals surface area contributed by atoms with Crippen molar-refractivity contribution in [1.82, 2.24) is 4.90 Å². The van der Waals surface area contributed by atoms with Gasteiger partial charge in [0.25, 0.3) is 0 Å². The van der Waals surface area contributed by atoms with E-state index in [4.69, 9.17) is 4.74 Å². The summed E-state index contributed by atoms with van der Waals surface area (Å²) in [7, 11) is 0. The summed E-state index contributed by atoms with van der Waals surface area (Å²) < 4.78 is 5.57. The Kier molecular flexibility index (Phi) is 3.62. The first kappa shape index (κ1) is 10.9. The number of nitrogens with zero attached hydrogens (tertiary/aromatic N) is 1. The average Bonchev–Trinajstić information content (AvgIpc) is 2.60. The van der Waals surface area contributed by atoms with Crippen molar-refractivity contribution in [2.24, 2.45) is 5.92 Å². The lowest BCUT2D eigenvalue weighted by molar-refractivity contribution is -0.131. The molecule has 86 valence electrons. The number of carbonyl (C=O) groups is 1. The van der Waals surface area contributed by atoms with Crippen LogP contribution in [-0.4, -0.2) is 36.6 Å². The fourth-order valence-electron chi connectivity index (χ4n) is 2.35. The quantitative estimate of drug-likeness (QED) is 0.710. The lowest BCUT2D eigenvalue weighted by Crippen LogP contribution is -2.40. The molecular formula is C12H21NO2. The predicted molar refractivity (Wildman–Crippen MR) is 58.6 cm³/mol. The van der Waals surface area contributed by atoms with Crippen molar-refractivity contribution in [2.75, 3.05) is 19.7 Å². The van der Waals surface area contributed by atoms with Crippen LogP contribution in [0, 0.1) is 5.92 Å². The topological polar surface area (TPSA) is 29.5 Å². The van der Waals surface area contributed by atoms with Crippen LogP contribution in [0.4, 0.5) is 0 Å². The van der Waals surface area contributed by atoms with Crippen LogP contribution in [0.5, 0.6) is 0 Å². The molecule has 1 saturated carbocycles. The van der Waals surface area contributed by atoms with Gasteiger partial charge in [0, 0.05) is 26.6 Å². The molecule has 1 heterocycles. The van der Waals surface area contributed by atoms with Gasteiger partial charge in [-0.2, -0.15) is 0 Å². The second-order valence-electron chi connectivity index (χ2n) is 4.86. The number of ether oxygens (including phenoxy) is 1. The lowest BCUT2D eigenvalue weighted by Gasteiger charge is -2.33. The minimum atomic E-state index is 0.206. The Labute approximate surface area is 91.8 Å². The van der Waals surface area contributed by atoms with Gasteiger partial charge in [-0.1, -0.05) is 6.42 Å². The van der Waals surface area contributed by atoms with Crippen molar-refractivity contribution in [2.45, 2.75) is 45.1 Å². The van der Waals surface area contributed by atoms with E-state index in [-0.39, 0.29) is 5.91 Å². The van der Waals surface area contributed by atoms with Gasteiger partial charge in [0.1, 0.15) is 0 Å². The molecule has 0 aromatic heterocycles. The summed E-state index contributed by atoms with van der Waals surface area (Å²) in [5.74, 6) is 0.965. The minimum Gasteiger partial charge on any atom is -0.376 e. The molecule has 1 atom stereocenters. The van der Waals surface area contributed by atoms with E-state index in [0.717, 1.165) is 38.5 Å². The third-order valence-electron chi connectivity index (χ3n) is 3.60. The second-order valence-corrected chi connectivity index (χ2v) is 4.86. The first-order chi connectivity index (χ1) is 7.25. The fourth-order valence-corrected chi connectivity index (χ4v) is 2.35. The maximum Gasteiger partial charge on any atom is 0.219 e. The van der Waals surface area contributed by atoms with Crippen molar-refractivity contribution >= 4 is 5.91 Å². The van der Waals surface area contributed by atoms with Crippen LogP contribution >= 0.6 is 0 Å². The zero-order chi connectivity index (χ0) is 10.7. The highest BCUT2D eigenvalue weighted by molar-refractivity contribution is 5.73. The van der Waals surface area contributed by atoms with E-state index < -0.39 is 0 Å². The molecular weight excluding hydrogens is 190 g/mol. The third kappa shape index (κ3) is 2.94. The Bertz CT molecular complexity index is 220. The Morgan fingerprint density at radius 3 is 2.53 bits per heavy atom. The normalized spacial score (nSPS) is 26.3. The molecule has 2 fully saturated rings. The standard InChI is InChI=1S/C12H21NO2/c1-10(14)13(8-11-4-2-5-11)9-12-6-3-7-15-12/h11-12H,2-9H2,1H3. The minimum absolute atomic E-state index is 0.206. The first-order valence-electron chi connectivity index (χ1n) is 6.13. The molecule has 0 bridgehead atoms. The zero-order valence-electron chi connectivity index (χ0n) is 9.58. The maximum atomic E-state index is 11.5. The van der Waals surface area contributed by atoms with Gasteiger partial charge in [-0.3, -0.25) is 4.79 Å². The summed E-state index contributed by atoms with van der Waals surface area (Å²) in [5, 5.41) is 0. The van der Waals surface area contributed by atoms with Crippen LogP contribution in [0.15, 0.2) is 0 Å². The van der Waals surface area contributed by atoms with Gasteiger partial charge in [-0.15, -0.1) is 0 Å². The largest absolute Gasteiger partial charge is 0.376 e. The molecule has 0 aromatic carbocycles. The molecule has 0 N–H and O–H groups in total. The number of hydrogen-bond acceptors (Lipinski definition) is 2. The second kappa shape index (κ2) is 4.97. The van der Waals surface area contributed by atoms with Crippen LogP contribution in [0.25, 0.3) is 0 Å². The Hall–Kier alpha value is -0.570. The van der Waals surface area contributed by atoms with E-state index >= 15 is 0 Å². The molecule has 15 heavy (non-hydrogen) atoms. The van der Waals surface area contributed by atoms with E-state index in [9.17, 15) is 4.79 Å². The fraction of sp³-hybridized carbons (Fsp3) is 0.917. The smallest absolute Gasteiger partial charge is 0.219 e. The first-order valence-corrected chi connectivity index (χ1v) is 6.13. The highest BCUT2D eigenvalue weighted by atomic mass is 16.5. The van der Waals surface area contributed by atoms with Gasteiger partial charge >= 0.3 is 0 Å². The van der Waals surface area contributed by atoms with Crippen molar-refractivity contribution in [3.8, 4) is 0 Å². The van der Waals surface area contributed by atoms with Gasteiger partial charge in [-0.05, 0) is 31.6 Å². The Morgan fingerprint density at radius 1 is 1.27 bits per heavy atom. The number of amides is 1. The van der Waals surface area contributed by atoms with Gasteiger partial charge < -0.3 is 9.64 Å². The van der Waals surface area contributed by atoms with Crippen LogP contribution in [-0.2, 0) is 9.53 Å². The lowest BCUT2D eigenvalue weighted by atomic mass is 9.85. The Balaban J connectivity index is 1.78. The van der Waals surface area contributed by atoms with Crippen LogP contribution in [0.1, 0.15) is 39.0 Å². The van der Waals surface area contributed by atoms with Crippen molar-refractivity contribution < 1.29 is 9.53 Å². The maximum absolute atomic E-state index is 11.5. The van der Waals surface area contributed by atoms with Gasteiger partial charge in [0.2, 0.25) is 5.91 Å². The highest BCUT2D eigenvalue weighted by Crippen LogP contribution is 2.27. The molecule has 3 heteroatoms. The van der Waals surface area contributed by atoms with E-state index in [1.54, 1.807) is 6.92 Å². The molecule has 3 nitrogen and oxygen atoms in total. The summed E-state index contributed by atoms with van der Waals surface area (Å²) in [4.78, 5) is 13.5. The molecule has 2 aliphatic rings. The Morgan fingerprint density at radius 2 is 2.07 bits per heavy atom. The zero-order valence-corrected chi connectivity index (χ0v) is 9.58. The molecule has 0 aromatic rings. The molecule has 1 saturated heterocycles. The third-order valence-corrected chi connectivity index (χ3v) is 3.60. The van der Waals surface area contributed by atoms with Crippen LogP contribution in [0.3, 0.4) is 0 Å². The SMILES string of the molecule is CC(=O)N(CC1CCC1)CC1CCCO1. The van der Waals surface area contributed by atoms with E-state index in [2.05, 4.69) is 0 Å². The molecule has 1 amide bonds. The summed E-state index contributed by atoms with van der Waals surface area (Å²) >= 11 is 0. The van der Waals surface area contributed by atoms with Crippen molar-refractivity contribution in [1.29, 1.82) is 0 Å². The van der Waals surface area contributed by atoms with Gasteiger partial charge in [-0.25, -0.2) is 0 Å². The summed E-state index contributed by atoms with van der Waals surface area (Å²) in [6.07, 6.45) is 6.52. The van der Waals surface area contributed by atoms with E-state index in [1.807, 2.05) is 4.90 Å². The highest BCUT2D eigenvalue weighted by Gasteiger charge is 2.25. The number of carbonyl (C=O) groups excluding carboxylic acids is 1.